The summed E-state index contributed by atoms with van der Waals surface area (Å²) in [6.07, 6.45) is 3.40. The SMILES string of the molecule is CC(C)(C)OC(=O)N1CCN(c2ccc(-c3cc(OCc4ccccc4)cn4nc(F)c(C=O)c34)cn2)CC1. The third-order valence-electron chi connectivity index (χ3n) is 6.37. The summed E-state index contributed by atoms with van der Waals surface area (Å²) >= 11 is 0. The summed E-state index contributed by atoms with van der Waals surface area (Å²) in [7, 11) is 0. The lowest BCUT2D eigenvalue weighted by molar-refractivity contribution is 0.0240. The Balaban J connectivity index is 1.37. The van der Waals surface area contributed by atoms with Crippen LogP contribution in [0, 0.1) is 5.95 Å². The predicted molar refractivity (Wildman–Crippen MR) is 145 cm³/mol. The van der Waals surface area contributed by atoms with Gasteiger partial charge in [0, 0.05) is 43.5 Å². The number of anilines is 1. The molecule has 9 nitrogen and oxygen atoms in total. The molecule has 3 aromatic heterocycles. The molecular formula is C29H30FN5O4. The predicted octanol–water partition coefficient (Wildman–Crippen LogP) is 4.98. The van der Waals surface area contributed by atoms with E-state index in [1.54, 1.807) is 23.4 Å². The molecule has 0 saturated carbocycles. The first-order chi connectivity index (χ1) is 18.7. The number of hydrogen-bond acceptors (Lipinski definition) is 7. The summed E-state index contributed by atoms with van der Waals surface area (Å²) in [6, 6.07) is 15.2. The van der Waals surface area contributed by atoms with Crippen LogP contribution in [0.3, 0.4) is 0 Å². The summed E-state index contributed by atoms with van der Waals surface area (Å²) in [4.78, 5) is 32.5. The summed E-state index contributed by atoms with van der Waals surface area (Å²) in [6.45, 7) is 8.15. The molecule has 0 bridgehead atoms. The minimum Gasteiger partial charge on any atom is -0.487 e. The topological polar surface area (TPSA) is 89.3 Å². The second-order valence-corrected chi connectivity index (χ2v) is 10.3. The molecule has 1 aliphatic rings. The van der Waals surface area contributed by atoms with Crippen molar-refractivity contribution < 1.29 is 23.5 Å². The van der Waals surface area contributed by atoms with Gasteiger partial charge in [-0.1, -0.05) is 30.3 Å². The van der Waals surface area contributed by atoms with Crippen molar-refractivity contribution in [1.29, 1.82) is 0 Å². The van der Waals surface area contributed by atoms with Crippen molar-refractivity contribution in [2.75, 3.05) is 31.1 Å². The van der Waals surface area contributed by atoms with Crippen LogP contribution in [0.15, 0.2) is 60.9 Å². The van der Waals surface area contributed by atoms with Gasteiger partial charge in [-0.3, -0.25) is 4.79 Å². The first-order valence-electron chi connectivity index (χ1n) is 12.7. The second-order valence-electron chi connectivity index (χ2n) is 10.3. The normalized spacial score (nSPS) is 13.9. The van der Waals surface area contributed by atoms with Crippen molar-refractivity contribution in [3.05, 3.63) is 78.0 Å². The Kier molecular flexibility index (Phi) is 7.19. The van der Waals surface area contributed by atoms with Gasteiger partial charge in [-0.15, -0.1) is 5.10 Å². The molecule has 4 heterocycles. The van der Waals surface area contributed by atoms with Crippen LogP contribution in [-0.2, 0) is 11.3 Å². The number of ether oxygens (including phenoxy) is 2. The van der Waals surface area contributed by atoms with E-state index >= 15 is 0 Å². The average Bonchev–Trinajstić information content (AvgIpc) is 3.26. The molecule has 0 atom stereocenters. The minimum atomic E-state index is -0.848. The number of carbonyl (C=O) groups is 2. The van der Waals surface area contributed by atoms with Gasteiger partial charge >= 0.3 is 6.09 Å². The number of aromatic nitrogens is 3. The molecule has 1 aliphatic heterocycles. The van der Waals surface area contributed by atoms with Crippen LogP contribution >= 0.6 is 0 Å². The first kappa shape index (κ1) is 26.1. The Hall–Kier alpha value is -4.47. The number of pyridine rings is 2. The molecule has 202 valence electrons. The van der Waals surface area contributed by atoms with Crippen molar-refractivity contribution in [1.82, 2.24) is 19.5 Å². The Morgan fingerprint density at radius 3 is 2.46 bits per heavy atom. The van der Waals surface area contributed by atoms with Crippen LogP contribution < -0.4 is 9.64 Å². The summed E-state index contributed by atoms with van der Waals surface area (Å²) in [5.41, 5.74) is 1.93. The number of nitrogens with zero attached hydrogens (tertiary/aromatic N) is 5. The van der Waals surface area contributed by atoms with Crippen LogP contribution in [0.5, 0.6) is 5.75 Å². The molecule has 10 heteroatoms. The van der Waals surface area contributed by atoms with Crippen molar-refractivity contribution in [2.24, 2.45) is 0 Å². The standard InChI is InChI=1S/C29H30FN5O4/c1-29(2,3)39-28(37)34-13-11-33(12-14-34)25-10-9-21(16-31-25)23-15-22(38-19-20-7-5-4-6-8-20)17-35-26(23)24(18-36)27(30)32-35/h4-10,15-18H,11-14,19H2,1-3H3. The molecule has 4 aromatic rings. The van der Waals surface area contributed by atoms with Gasteiger partial charge in [-0.05, 0) is 44.5 Å². The molecule has 1 saturated heterocycles. The maximum absolute atomic E-state index is 14.5. The lowest BCUT2D eigenvalue weighted by Crippen LogP contribution is -2.50. The molecule has 1 aromatic carbocycles. The fraction of sp³-hybridized carbons (Fsp3) is 0.310. The number of piperazine rings is 1. The average molecular weight is 532 g/mol. The van der Waals surface area contributed by atoms with Gasteiger partial charge in [-0.25, -0.2) is 14.3 Å². The third kappa shape index (κ3) is 5.84. The van der Waals surface area contributed by atoms with E-state index in [4.69, 9.17) is 9.47 Å². The lowest BCUT2D eigenvalue weighted by atomic mass is 10.0. The third-order valence-corrected chi connectivity index (χ3v) is 6.37. The van der Waals surface area contributed by atoms with Crippen molar-refractivity contribution >= 4 is 23.7 Å². The summed E-state index contributed by atoms with van der Waals surface area (Å²) in [5, 5.41) is 3.89. The van der Waals surface area contributed by atoms with Crippen molar-refractivity contribution in [3.8, 4) is 16.9 Å². The largest absolute Gasteiger partial charge is 0.487 e. The van der Waals surface area contributed by atoms with E-state index in [9.17, 15) is 14.0 Å². The van der Waals surface area contributed by atoms with E-state index in [0.29, 0.717) is 61.5 Å². The van der Waals surface area contributed by atoms with E-state index in [0.717, 1.165) is 11.4 Å². The molecule has 0 radical (unpaired) electrons. The number of benzene rings is 1. The fourth-order valence-corrected chi connectivity index (χ4v) is 4.47. The zero-order valence-corrected chi connectivity index (χ0v) is 22.1. The van der Waals surface area contributed by atoms with Gasteiger partial charge in [0.2, 0.25) is 5.95 Å². The molecule has 0 spiro atoms. The maximum Gasteiger partial charge on any atom is 0.410 e. The molecule has 1 amide bonds. The highest BCUT2D eigenvalue weighted by Crippen LogP contribution is 2.32. The molecule has 0 aliphatic carbocycles. The number of amides is 1. The van der Waals surface area contributed by atoms with Crippen LogP contribution in [0.2, 0.25) is 0 Å². The number of carbonyl (C=O) groups excluding carboxylic acids is 2. The fourth-order valence-electron chi connectivity index (χ4n) is 4.47. The van der Waals surface area contributed by atoms with Crippen molar-refractivity contribution in [2.45, 2.75) is 33.0 Å². The molecular weight excluding hydrogens is 501 g/mol. The number of hydrogen-bond donors (Lipinski definition) is 0. The number of halogens is 1. The van der Waals surface area contributed by atoms with Crippen LogP contribution in [0.1, 0.15) is 36.7 Å². The minimum absolute atomic E-state index is 0.123. The highest BCUT2D eigenvalue weighted by Gasteiger charge is 2.26. The van der Waals surface area contributed by atoms with Crippen LogP contribution in [0.4, 0.5) is 15.0 Å². The zero-order chi connectivity index (χ0) is 27.6. The highest BCUT2D eigenvalue weighted by atomic mass is 19.1. The van der Waals surface area contributed by atoms with E-state index in [1.165, 1.54) is 4.52 Å². The van der Waals surface area contributed by atoms with E-state index in [2.05, 4.69) is 15.0 Å². The molecule has 1 fully saturated rings. The smallest absolute Gasteiger partial charge is 0.410 e. The van der Waals surface area contributed by atoms with Gasteiger partial charge in [0.25, 0.3) is 0 Å². The Labute approximate surface area is 225 Å². The summed E-state index contributed by atoms with van der Waals surface area (Å²) in [5.74, 6) is 0.382. The van der Waals surface area contributed by atoms with Gasteiger partial charge in [0.15, 0.2) is 6.29 Å². The lowest BCUT2D eigenvalue weighted by Gasteiger charge is -2.36. The Bertz CT molecular complexity index is 1470. The molecule has 0 unspecified atom stereocenters. The highest BCUT2D eigenvalue weighted by molar-refractivity contribution is 5.95. The number of fused-ring (bicyclic) bond motifs is 1. The number of aldehydes is 1. The molecule has 5 rings (SSSR count). The monoisotopic (exact) mass is 531 g/mol. The zero-order valence-electron chi connectivity index (χ0n) is 22.1. The van der Waals surface area contributed by atoms with Crippen LogP contribution in [-0.4, -0.2) is 63.7 Å². The quantitative estimate of drug-likeness (QED) is 0.324. The summed E-state index contributed by atoms with van der Waals surface area (Å²) < 4.78 is 27.3. The Morgan fingerprint density at radius 2 is 1.82 bits per heavy atom. The van der Waals surface area contributed by atoms with Gasteiger partial charge in [-0.2, -0.15) is 4.39 Å². The van der Waals surface area contributed by atoms with E-state index < -0.39 is 11.5 Å². The van der Waals surface area contributed by atoms with E-state index in [1.807, 2.05) is 63.2 Å². The first-order valence-corrected chi connectivity index (χ1v) is 12.7. The van der Waals surface area contributed by atoms with Crippen molar-refractivity contribution in [3.63, 3.8) is 0 Å². The van der Waals surface area contributed by atoms with Gasteiger partial charge in [0.05, 0.1) is 17.3 Å². The molecule has 0 N–H and O–H groups in total. The number of rotatable bonds is 6. The van der Waals surface area contributed by atoms with Crippen LogP contribution in [0.25, 0.3) is 16.6 Å². The van der Waals surface area contributed by atoms with E-state index in [-0.39, 0.29) is 11.7 Å². The van der Waals surface area contributed by atoms with Gasteiger partial charge in [0.1, 0.15) is 23.8 Å². The second kappa shape index (κ2) is 10.7. The molecule has 39 heavy (non-hydrogen) atoms. The van der Waals surface area contributed by atoms with Gasteiger partial charge < -0.3 is 19.3 Å². The Morgan fingerprint density at radius 1 is 1.08 bits per heavy atom. The maximum atomic E-state index is 14.5.